The monoisotopic (exact) mass is 365 g/mol. The molecule has 8 nitrogen and oxygen atoms in total. The van der Waals surface area contributed by atoms with Crippen molar-refractivity contribution in [3.63, 3.8) is 0 Å². The summed E-state index contributed by atoms with van der Waals surface area (Å²) in [6.45, 7) is 5.62. The Morgan fingerprint density at radius 1 is 1.12 bits per heavy atom. The Balaban J connectivity index is 2.26. The van der Waals surface area contributed by atoms with Gasteiger partial charge < -0.3 is 25.8 Å². The third kappa shape index (κ3) is 9.51. The first-order valence-corrected chi connectivity index (χ1v) is 8.41. The van der Waals surface area contributed by atoms with Gasteiger partial charge in [-0.25, -0.2) is 9.59 Å². The van der Waals surface area contributed by atoms with E-state index < -0.39 is 29.7 Å². The number of amides is 3. The first-order valence-electron chi connectivity index (χ1n) is 8.41. The highest BCUT2D eigenvalue weighted by molar-refractivity contribution is 5.84. The second-order valence-corrected chi connectivity index (χ2v) is 6.73. The van der Waals surface area contributed by atoms with Crippen LogP contribution in [0.1, 0.15) is 39.2 Å². The SMILES string of the molecule is CC(C)(C)OC(=O)N[C@@H](CCCNC(=O)OCc1ccccc1)C(N)=O. The molecule has 0 heterocycles. The van der Waals surface area contributed by atoms with Crippen molar-refractivity contribution in [1.29, 1.82) is 0 Å². The number of primary amides is 1. The van der Waals surface area contributed by atoms with Crippen LogP contribution in [-0.2, 0) is 20.9 Å². The molecule has 26 heavy (non-hydrogen) atoms. The smallest absolute Gasteiger partial charge is 0.408 e. The molecule has 3 amide bonds. The standard InChI is InChI=1S/C18H27N3O5/c1-18(2,3)26-17(24)21-14(15(19)22)10-7-11-20-16(23)25-12-13-8-5-4-6-9-13/h4-6,8-9,14H,7,10-12H2,1-3H3,(H2,19,22)(H,20,23)(H,21,24)/t14-/m0/s1. The molecule has 0 aliphatic heterocycles. The van der Waals surface area contributed by atoms with Gasteiger partial charge in [0.15, 0.2) is 0 Å². The summed E-state index contributed by atoms with van der Waals surface area (Å²) in [5, 5.41) is 5.01. The van der Waals surface area contributed by atoms with Gasteiger partial charge in [0.2, 0.25) is 5.91 Å². The second kappa shape index (κ2) is 10.3. The van der Waals surface area contributed by atoms with E-state index in [1.165, 1.54) is 0 Å². The average Bonchev–Trinajstić information content (AvgIpc) is 2.54. The summed E-state index contributed by atoms with van der Waals surface area (Å²) >= 11 is 0. The van der Waals surface area contributed by atoms with Gasteiger partial charge in [0, 0.05) is 6.54 Å². The Labute approximate surface area is 153 Å². The number of carbonyl (C=O) groups excluding carboxylic acids is 3. The number of rotatable bonds is 8. The van der Waals surface area contributed by atoms with Crippen LogP contribution in [0.5, 0.6) is 0 Å². The van der Waals surface area contributed by atoms with Crippen molar-refractivity contribution in [2.24, 2.45) is 5.73 Å². The third-order valence-corrected chi connectivity index (χ3v) is 3.19. The molecular formula is C18H27N3O5. The molecule has 0 saturated heterocycles. The fourth-order valence-electron chi connectivity index (χ4n) is 2.01. The number of nitrogens with one attached hydrogen (secondary N) is 2. The van der Waals surface area contributed by atoms with Gasteiger partial charge >= 0.3 is 12.2 Å². The van der Waals surface area contributed by atoms with Crippen LogP contribution in [0.15, 0.2) is 30.3 Å². The zero-order valence-corrected chi connectivity index (χ0v) is 15.4. The van der Waals surface area contributed by atoms with Gasteiger partial charge in [-0.2, -0.15) is 0 Å². The zero-order chi connectivity index (χ0) is 19.6. The lowest BCUT2D eigenvalue weighted by Crippen LogP contribution is -2.46. The lowest BCUT2D eigenvalue weighted by Gasteiger charge is -2.22. The van der Waals surface area contributed by atoms with E-state index in [1.807, 2.05) is 30.3 Å². The van der Waals surface area contributed by atoms with Crippen LogP contribution < -0.4 is 16.4 Å². The van der Waals surface area contributed by atoms with Gasteiger partial charge in [0.05, 0.1) is 0 Å². The zero-order valence-electron chi connectivity index (χ0n) is 15.4. The molecule has 144 valence electrons. The first kappa shape index (κ1) is 21.3. The predicted molar refractivity (Wildman–Crippen MR) is 96.2 cm³/mol. The highest BCUT2D eigenvalue weighted by atomic mass is 16.6. The summed E-state index contributed by atoms with van der Waals surface area (Å²) in [5.41, 5.74) is 5.50. The molecule has 1 aromatic carbocycles. The number of hydrogen-bond acceptors (Lipinski definition) is 5. The maximum atomic E-state index is 11.7. The fourth-order valence-corrected chi connectivity index (χ4v) is 2.01. The summed E-state index contributed by atoms with van der Waals surface area (Å²) in [6, 6.07) is 8.44. The van der Waals surface area contributed by atoms with Crippen molar-refractivity contribution in [1.82, 2.24) is 10.6 Å². The number of hydrogen-bond donors (Lipinski definition) is 3. The van der Waals surface area contributed by atoms with E-state index in [0.717, 1.165) is 5.56 Å². The highest BCUT2D eigenvalue weighted by Crippen LogP contribution is 2.07. The van der Waals surface area contributed by atoms with E-state index in [1.54, 1.807) is 20.8 Å². The largest absolute Gasteiger partial charge is 0.445 e. The van der Waals surface area contributed by atoms with Crippen molar-refractivity contribution in [3.05, 3.63) is 35.9 Å². The van der Waals surface area contributed by atoms with E-state index in [-0.39, 0.29) is 19.6 Å². The second-order valence-electron chi connectivity index (χ2n) is 6.73. The van der Waals surface area contributed by atoms with Crippen LogP contribution in [0.2, 0.25) is 0 Å². The molecule has 0 fully saturated rings. The molecular weight excluding hydrogens is 338 g/mol. The van der Waals surface area contributed by atoms with Gasteiger partial charge in [0.1, 0.15) is 18.2 Å². The van der Waals surface area contributed by atoms with Crippen molar-refractivity contribution < 1.29 is 23.9 Å². The Bertz CT molecular complexity index is 599. The molecule has 0 aliphatic carbocycles. The lowest BCUT2D eigenvalue weighted by molar-refractivity contribution is -0.120. The Morgan fingerprint density at radius 3 is 2.35 bits per heavy atom. The molecule has 0 saturated carbocycles. The van der Waals surface area contributed by atoms with Crippen molar-refractivity contribution in [2.45, 2.75) is 51.9 Å². The van der Waals surface area contributed by atoms with Crippen LogP contribution in [0.3, 0.4) is 0 Å². The maximum absolute atomic E-state index is 11.7. The number of ether oxygens (including phenoxy) is 2. The number of benzene rings is 1. The van der Waals surface area contributed by atoms with Crippen LogP contribution >= 0.6 is 0 Å². The summed E-state index contributed by atoms with van der Waals surface area (Å²) in [7, 11) is 0. The normalized spacial score (nSPS) is 12.0. The Kier molecular flexibility index (Phi) is 8.41. The molecule has 4 N–H and O–H groups in total. The summed E-state index contributed by atoms with van der Waals surface area (Å²) in [6.07, 6.45) is -0.557. The minimum atomic E-state index is -0.869. The predicted octanol–water partition coefficient (Wildman–Crippen LogP) is 2.07. The number of carbonyl (C=O) groups is 3. The van der Waals surface area contributed by atoms with Gasteiger partial charge in [-0.1, -0.05) is 30.3 Å². The molecule has 0 bridgehead atoms. The molecule has 0 aromatic heterocycles. The molecule has 0 radical (unpaired) electrons. The molecule has 0 spiro atoms. The molecule has 0 aliphatic rings. The average molecular weight is 365 g/mol. The lowest BCUT2D eigenvalue weighted by atomic mass is 10.1. The quantitative estimate of drug-likeness (QED) is 0.609. The summed E-state index contributed by atoms with van der Waals surface area (Å²) in [5.74, 6) is -0.664. The molecule has 1 atom stereocenters. The van der Waals surface area contributed by atoms with Crippen LogP contribution in [-0.4, -0.2) is 36.3 Å². The van der Waals surface area contributed by atoms with E-state index in [2.05, 4.69) is 10.6 Å². The van der Waals surface area contributed by atoms with E-state index in [0.29, 0.717) is 6.42 Å². The fraction of sp³-hybridized carbons (Fsp3) is 0.500. The first-order chi connectivity index (χ1) is 12.2. The number of alkyl carbamates (subject to hydrolysis) is 2. The van der Waals surface area contributed by atoms with Crippen LogP contribution in [0, 0.1) is 0 Å². The summed E-state index contributed by atoms with van der Waals surface area (Å²) in [4.78, 5) is 34.7. The van der Waals surface area contributed by atoms with Crippen LogP contribution in [0.25, 0.3) is 0 Å². The van der Waals surface area contributed by atoms with Gasteiger partial charge in [-0.15, -0.1) is 0 Å². The van der Waals surface area contributed by atoms with Crippen molar-refractivity contribution in [2.75, 3.05) is 6.54 Å². The van der Waals surface area contributed by atoms with Gasteiger partial charge in [-0.05, 0) is 39.2 Å². The third-order valence-electron chi connectivity index (χ3n) is 3.19. The molecule has 0 unspecified atom stereocenters. The topological polar surface area (TPSA) is 120 Å². The van der Waals surface area contributed by atoms with E-state index in [4.69, 9.17) is 15.2 Å². The highest BCUT2D eigenvalue weighted by Gasteiger charge is 2.22. The minimum absolute atomic E-state index is 0.177. The molecule has 8 heteroatoms. The van der Waals surface area contributed by atoms with E-state index in [9.17, 15) is 14.4 Å². The maximum Gasteiger partial charge on any atom is 0.408 e. The summed E-state index contributed by atoms with van der Waals surface area (Å²) < 4.78 is 10.2. The number of nitrogens with two attached hydrogens (primary N) is 1. The minimum Gasteiger partial charge on any atom is -0.445 e. The molecule has 1 rings (SSSR count). The molecule has 1 aromatic rings. The van der Waals surface area contributed by atoms with Crippen LogP contribution in [0.4, 0.5) is 9.59 Å². The van der Waals surface area contributed by atoms with E-state index >= 15 is 0 Å². The van der Waals surface area contributed by atoms with Crippen molar-refractivity contribution in [3.8, 4) is 0 Å². The van der Waals surface area contributed by atoms with Gasteiger partial charge in [-0.3, -0.25) is 4.79 Å². The Morgan fingerprint density at radius 2 is 1.77 bits per heavy atom. The van der Waals surface area contributed by atoms with Crippen molar-refractivity contribution >= 4 is 18.1 Å². The van der Waals surface area contributed by atoms with Gasteiger partial charge in [0.25, 0.3) is 0 Å². The Hall–Kier alpha value is -2.77.